The minimum absolute atomic E-state index is 0.661. The molecule has 2 aliphatic heterocycles. The summed E-state index contributed by atoms with van der Waals surface area (Å²) >= 11 is 1.82. The van der Waals surface area contributed by atoms with Gasteiger partial charge in [-0.25, -0.2) is 4.98 Å². The maximum Gasteiger partial charge on any atom is 0.107 e. The number of rotatable bonds is 5. The van der Waals surface area contributed by atoms with E-state index in [9.17, 15) is 0 Å². The van der Waals surface area contributed by atoms with Crippen LogP contribution in [0, 0.1) is 0 Å². The molecule has 0 radical (unpaired) electrons. The van der Waals surface area contributed by atoms with Gasteiger partial charge in [-0.1, -0.05) is 0 Å². The Bertz CT molecular complexity index is 484. The molecular formula is C16H26N4S. The molecule has 2 saturated heterocycles. The van der Waals surface area contributed by atoms with Gasteiger partial charge in [0, 0.05) is 49.7 Å². The number of thiazole rings is 1. The highest BCUT2D eigenvalue weighted by atomic mass is 32.1. The summed E-state index contributed by atoms with van der Waals surface area (Å²) in [5, 5.41) is 7.07. The molecular weight excluding hydrogens is 280 g/mol. The van der Waals surface area contributed by atoms with Gasteiger partial charge in [0.15, 0.2) is 0 Å². The molecule has 1 aromatic rings. The second-order valence-corrected chi connectivity index (χ2v) is 7.90. The minimum Gasteiger partial charge on any atom is -0.308 e. The molecule has 21 heavy (non-hydrogen) atoms. The van der Waals surface area contributed by atoms with Crippen LogP contribution in [0.3, 0.4) is 0 Å². The van der Waals surface area contributed by atoms with Gasteiger partial charge in [0.05, 0.1) is 5.69 Å². The molecule has 2 atom stereocenters. The lowest BCUT2D eigenvalue weighted by Gasteiger charge is -2.42. The Morgan fingerprint density at radius 2 is 2.24 bits per heavy atom. The fraction of sp³-hybridized carbons (Fsp3) is 0.812. The lowest BCUT2D eigenvalue weighted by Crippen LogP contribution is -2.54. The molecule has 1 N–H and O–H groups in total. The summed E-state index contributed by atoms with van der Waals surface area (Å²) in [6.45, 7) is 8.15. The fourth-order valence-corrected chi connectivity index (χ4v) is 4.43. The van der Waals surface area contributed by atoms with Crippen molar-refractivity contribution in [2.45, 2.75) is 63.8 Å². The number of hydrogen-bond donors (Lipinski definition) is 1. The number of aromatic nitrogens is 1. The highest BCUT2D eigenvalue weighted by Gasteiger charge is 2.34. The zero-order valence-electron chi connectivity index (χ0n) is 12.9. The normalized spacial score (nSPS) is 30.7. The van der Waals surface area contributed by atoms with Crippen LogP contribution in [0.4, 0.5) is 0 Å². The molecule has 3 heterocycles. The molecule has 4 rings (SSSR count). The van der Waals surface area contributed by atoms with Crippen molar-refractivity contribution in [1.29, 1.82) is 0 Å². The van der Waals surface area contributed by atoms with Gasteiger partial charge in [0.1, 0.15) is 5.01 Å². The van der Waals surface area contributed by atoms with Crippen molar-refractivity contribution < 1.29 is 0 Å². The van der Waals surface area contributed by atoms with Gasteiger partial charge in [-0.2, -0.15) is 0 Å². The molecule has 1 aliphatic carbocycles. The van der Waals surface area contributed by atoms with E-state index < -0.39 is 0 Å². The molecule has 0 bridgehead atoms. The molecule has 0 spiro atoms. The van der Waals surface area contributed by atoms with E-state index in [1.165, 1.54) is 56.0 Å². The van der Waals surface area contributed by atoms with Gasteiger partial charge >= 0.3 is 0 Å². The Hall–Kier alpha value is -0.490. The van der Waals surface area contributed by atoms with Crippen molar-refractivity contribution in [3.63, 3.8) is 0 Å². The van der Waals surface area contributed by atoms with E-state index in [-0.39, 0.29) is 0 Å². The first-order chi connectivity index (χ1) is 10.3. The molecule has 3 aliphatic rings. The molecule has 2 unspecified atom stereocenters. The van der Waals surface area contributed by atoms with Crippen molar-refractivity contribution in [3.8, 4) is 0 Å². The van der Waals surface area contributed by atoms with Crippen LogP contribution in [-0.2, 0) is 13.1 Å². The summed E-state index contributed by atoms with van der Waals surface area (Å²) in [5.41, 5.74) is 1.27. The highest BCUT2D eigenvalue weighted by Crippen LogP contribution is 2.26. The van der Waals surface area contributed by atoms with Crippen molar-refractivity contribution in [3.05, 3.63) is 16.1 Å². The molecule has 1 aromatic heterocycles. The van der Waals surface area contributed by atoms with E-state index in [1.54, 1.807) is 0 Å². The molecule has 3 fully saturated rings. The molecule has 5 heteroatoms. The van der Waals surface area contributed by atoms with Crippen molar-refractivity contribution >= 4 is 11.3 Å². The van der Waals surface area contributed by atoms with Crippen LogP contribution in [0.1, 0.15) is 43.3 Å². The van der Waals surface area contributed by atoms with E-state index in [2.05, 4.69) is 27.4 Å². The third-order valence-corrected chi connectivity index (χ3v) is 6.05. The minimum atomic E-state index is 0.661. The molecule has 0 aromatic carbocycles. The second-order valence-electron chi connectivity index (χ2n) is 6.96. The second kappa shape index (κ2) is 5.95. The summed E-state index contributed by atoms with van der Waals surface area (Å²) in [6.07, 6.45) is 5.47. The van der Waals surface area contributed by atoms with Gasteiger partial charge in [-0.15, -0.1) is 11.3 Å². The van der Waals surface area contributed by atoms with Crippen LogP contribution in [0.2, 0.25) is 0 Å². The van der Waals surface area contributed by atoms with Crippen molar-refractivity contribution in [2.75, 3.05) is 19.6 Å². The number of nitrogens with one attached hydrogen (secondary N) is 1. The Labute approximate surface area is 131 Å². The van der Waals surface area contributed by atoms with E-state index in [1.807, 2.05) is 11.3 Å². The van der Waals surface area contributed by atoms with Crippen LogP contribution in [-0.4, -0.2) is 52.5 Å². The maximum absolute atomic E-state index is 4.82. The Balaban J connectivity index is 1.34. The van der Waals surface area contributed by atoms with E-state index in [4.69, 9.17) is 4.98 Å². The molecule has 4 nitrogen and oxygen atoms in total. The van der Waals surface area contributed by atoms with E-state index >= 15 is 0 Å². The quantitative estimate of drug-likeness (QED) is 0.902. The van der Waals surface area contributed by atoms with Crippen LogP contribution in [0.25, 0.3) is 0 Å². The van der Waals surface area contributed by atoms with Crippen LogP contribution in [0.5, 0.6) is 0 Å². The zero-order chi connectivity index (χ0) is 14.2. The van der Waals surface area contributed by atoms with Gasteiger partial charge in [-0.3, -0.25) is 9.80 Å². The summed E-state index contributed by atoms with van der Waals surface area (Å²) in [4.78, 5) is 10.2. The standard InChI is InChI=1S/C16H26N4S/c1-12-8-19-6-2-3-15(19)10-20(12)9-14-11-21-16(18-14)7-17-13-4-5-13/h11-13,15,17H,2-10H2,1H3. The molecule has 1 saturated carbocycles. The van der Waals surface area contributed by atoms with Crippen molar-refractivity contribution in [1.82, 2.24) is 20.1 Å². The third kappa shape index (κ3) is 3.31. The number of piperazine rings is 1. The van der Waals surface area contributed by atoms with Crippen LogP contribution in [0.15, 0.2) is 5.38 Å². The molecule has 116 valence electrons. The van der Waals surface area contributed by atoms with Crippen molar-refractivity contribution in [2.24, 2.45) is 0 Å². The predicted molar refractivity (Wildman–Crippen MR) is 86.4 cm³/mol. The Kier molecular flexibility index (Phi) is 4.00. The SMILES string of the molecule is CC1CN2CCCC2CN1Cc1csc(CNC2CC2)n1. The third-order valence-electron chi connectivity index (χ3n) is 5.15. The van der Waals surface area contributed by atoms with E-state index in [0.29, 0.717) is 6.04 Å². The van der Waals surface area contributed by atoms with Gasteiger partial charge < -0.3 is 5.32 Å². The fourth-order valence-electron chi connectivity index (χ4n) is 3.70. The lowest BCUT2D eigenvalue weighted by molar-refractivity contribution is 0.0533. The number of nitrogens with zero attached hydrogens (tertiary/aromatic N) is 3. The summed E-state index contributed by atoms with van der Waals surface area (Å²) in [6, 6.07) is 2.23. The smallest absolute Gasteiger partial charge is 0.107 e. The van der Waals surface area contributed by atoms with Crippen LogP contribution < -0.4 is 5.32 Å². The molecule has 0 amide bonds. The highest BCUT2D eigenvalue weighted by molar-refractivity contribution is 7.09. The summed E-state index contributed by atoms with van der Waals surface area (Å²) < 4.78 is 0. The zero-order valence-corrected chi connectivity index (χ0v) is 13.7. The van der Waals surface area contributed by atoms with Gasteiger partial charge in [0.25, 0.3) is 0 Å². The number of hydrogen-bond acceptors (Lipinski definition) is 5. The van der Waals surface area contributed by atoms with E-state index in [0.717, 1.165) is 25.2 Å². The first-order valence-corrected chi connectivity index (χ1v) is 9.30. The van der Waals surface area contributed by atoms with Gasteiger partial charge in [0.2, 0.25) is 0 Å². The maximum atomic E-state index is 4.82. The first kappa shape index (κ1) is 14.1. The number of fused-ring (bicyclic) bond motifs is 1. The average molecular weight is 306 g/mol. The van der Waals surface area contributed by atoms with Crippen LogP contribution >= 0.6 is 11.3 Å². The predicted octanol–water partition coefficient (Wildman–Crippen LogP) is 2.06. The Morgan fingerprint density at radius 3 is 3.10 bits per heavy atom. The topological polar surface area (TPSA) is 31.4 Å². The Morgan fingerprint density at radius 1 is 1.33 bits per heavy atom. The summed E-state index contributed by atoms with van der Waals surface area (Å²) in [5.74, 6) is 0. The summed E-state index contributed by atoms with van der Waals surface area (Å²) in [7, 11) is 0. The monoisotopic (exact) mass is 306 g/mol. The largest absolute Gasteiger partial charge is 0.308 e. The van der Waals surface area contributed by atoms with Gasteiger partial charge in [-0.05, 0) is 39.2 Å². The first-order valence-electron chi connectivity index (χ1n) is 8.42. The average Bonchev–Trinajstić information content (AvgIpc) is 3.02. The lowest BCUT2D eigenvalue weighted by atomic mass is 10.1.